The Bertz CT molecular complexity index is 306. The highest BCUT2D eigenvalue weighted by atomic mass is 16.3. The summed E-state index contributed by atoms with van der Waals surface area (Å²) in [7, 11) is 0. The predicted octanol–water partition coefficient (Wildman–Crippen LogP) is 1.93. The second-order valence-corrected chi connectivity index (χ2v) is 8.26. The highest BCUT2D eigenvalue weighted by Crippen LogP contribution is 2.21. The number of nitrogens with one attached hydrogen (secondary N) is 1. The molecule has 2 N–H and O–H groups in total. The second kappa shape index (κ2) is 7.40. The first-order valence-electron chi connectivity index (χ1n) is 8.45. The first-order chi connectivity index (χ1) is 9.57. The van der Waals surface area contributed by atoms with E-state index in [0.29, 0.717) is 12.1 Å². The molecule has 4 nitrogen and oxygen atoms in total. The second-order valence-electron chi connectivity index (χ2n) is 8.26. The van der Waals surface area contributed by atoms with Gasteiger partial charge in [0.1, 0.15) is 0 Å². The molecule has 1 aliphatic rings. The number of aliphatic hydroxyl groups excluding tert-OH is 1. The van der Waals surface area contributed by atoms with Crippen LogP contribution < -0.4 is 5.32 Å². The summed E-state index contributed by atoms with van der Waals surface area (Å²) in [5, 5.41) is 13.3. The van der Waals surface area contributed by atoms with Crippen LogP contribution in [0.1, 0.15) is 54.9 Å². The third kappa shape index (κ3) is 5.85. The first kappa shape index (κ1) is 18.9. The van der Waals surface area contributed by atoms with Crippen LogP contribution in [0.5, 0.6) is 0 Å². The summed E-state index contributed by atoms with van der Waals surface area (Å²) < 4.78 is 0. The fourth-order valence-corrected chi connectivity index (χ4v) is 3.48. The van der Waals surface area contributed by atoms with Crippen molar-refractivity contribution in [3.63, 3.8) is 0 Å². The lowest BCUT2D eigenvalue weighted by molar-refractivity contribution is 0.0319. The van der Waals surface area contributed by atoms with Gasteiger partial charge in [0.15, 0.2) is 0 Å². The lowest BCUT2D eigenvalue weighted by Crippen LogP contribution is -2.58. The number of hydrogen-bond donors (Lipinski definition) is 2. The molecule has 4 heteroatoms. The molecule has 0 aromatic rings. The van der Waals surface area contributed by atoms with Crippen molar-refractivity contribution >= 4 is 0 Å². The Morgan fingerprint density at radius 2 is 1.52 bits per heavy atom. The molecule has 0 aromatic heterocycles. The summed E-state index contributed by atoms with van der Waals surface area (Å²) in [6.07, 6.45) is 0.983. The van der Waals surface area contributed by atoms with Gasteiger partial charge in [-0.3, -0.25) is 9.80 Å². The van der Waals surface area contributed by atoms with Crippen LogP contribution >= 0.6 is 0 Å². The average Bonchev–Trinajstić information content (AvgIpc) is 2.36. The van der Waals surface area contributed by atoms with E-state index < -0.39 is 0 Å². The lowest BCUT2D eigenvalue weighted by atomic mass is 9.92. The zero-order chi connectivity index (χ0) is 16.3. The molecule has 0 amide bonds. The fourth-order valence-electron chi connectivity index (χ4n) is 3.48. The van der Waals surface area contributed by atoms with Crippen LogP contribution in [0.3, 0.4) is 0 Å². The van der Waals surface area contributed by atoms with Crippen molar-refractivity contribution in [3.8, 4) is 0 Å². The van der Waals surface area contributed by atoms with Crippen molar-refractivity contribution in [2.75, 3.05) is 32.8 Å². The summed E-state index contributed by atoms with van der Waals surface area (Å²) in [6, 6.07) is 0.891. The van der Waals surface area contributed by atoms with Crippen molar-refractivity contribution in [1.29, 1.82) is 0 Å². The minimum absolute atomic E-state index is 0.186. The van der Waals surface area contributed by atoms with Gasteiger partial charge in [0.05, 0.1) is 6.61 Å². The molecule has 0 saturated carbocycles. The summed E-state index contributed by atoms with van der Waals surface area (Å²) in [5.41, 5.74) is 0.0862. The molecule has 126 valence electrons. The Morgan fingerprint density at radius 3 is 1.90 bits per heavy atom. The number of piperazine rings is 1. The number of rotatable bonds is 6. The van der Waals surface area contributed by atoms with Crippen molar-refractivity contribution in [2.24, 2.45) is 0 Å². The van der Waals surface area contributed by atoms with E-state index in [1.165, 1.54) is 0 Å². The minimum atomic E-state index is -0.186. The quantitative estimate of drug-likeness (QED) is 0.786. The molecule has 1 rings (SSSR count). The van der Waals surface area contributed by atoms with Crippen LogP contribution in [-0.4, -0.2) is 70.9 Å². The number of nitrogens with zero attached hydrogens (tertiary/aromatic N) is 2. The Labute approximate surface area is 131 Å². The molecule has 1 heterocycles. The Hall–Kier alpha value is -0.160. The molecule has 0 aliphatic carbocycles. The van der Waals surface area contributed by atoms with Gasteiger partial charge < -0.3 is 10.4 Å². The molecule has 1 aliphatic heterocycles. The van der Waals surface area contributed by atoms with Gasteiger partial charge in [-0.1, -0.05) is 13.8 Å². The van der Waals surface area contributed by atoms with E-state index in [-0.39, 0.29) is 17.7 Å². The molecule has 0 aromatic carbocycles. The third-order valence-electron chi connectivity index (χ3n) is 4.62. The monoisotopic (exact) mass is 299 g/mol. The average molecular weight is 300 g/mol. The van der Waals surface area contributed by atoms with Crippen LogP contribution in [0.25, 0.3) is 0 Å². The normalized spacial score (nSPS) is 23.3. The van der Waals surface area contributed by atoms with Gasteiger partial charge in [-0.2, -0.15) is 0 Å². The molecule has 2 atom stereocenters. The van der Waals surface area contributed by atoms with Crippen LogP contribution in [0.2, 0.25) is 0 Å². The predicted molar refractivity (Wildman–Crippen MR) is 90.7 cm³/mol. The van der Waals surface area contributed by atoms with E-state index in [0.717, 1.165) is 32.6 Å². The van der Waals surface area contributed by atoms with Crippen LogP contribution in [0.15, 0.2) is 0 Å². The van der Waals surface area contributed by atoms with Crippen molar-refractivity contribution in [1.82, 2.24) is 15.1 Å². The summed E-state index contributed by atoms with van der Waals surface area (Å²) in [6.45, 7) is 20.3. The van der Waals surface area contributed by atoms with Crippen molar-refractivity contribution in [3.05, 3.63) is 0 Å². The maximum Gasteiger partial charge on any atom is 0.0611 e. The summed E-state index contributed by atoms with van der Waals surface area (Å²) >= 11 is 0. The van der Waals surface area contributed by atoms with Crippen molar-refractivity contribution in [2.45, 2.75) is 78.0 Å². The Morgan fingerprint density at radius 1 is 1.00 bits per heavy atom. The lowest BCUT2D eigenvalue weighted by Gasteiger charge is -2.45. The van der Waals surface area contributed by atoms with Crippen LogP contribution in [0, 0.1) is 0 Å². The number of hydrogen-bond acceptors (Lipinski definition) is 4. The highest BCUT2D eigenvalue weighted by molar-refractivity contribution is 4.90. The Kier molecular flexibility index (Phi) is 6.66. The SMILES string of the molecule is CC(C)NC(C)(CO)CC(C)N1CCN(C(C)(C)C)CC1. The van der Waals surface area contributed by atoms with E-state index in [2.05, 4.69) is 63.6 Å². The van der Waals surface area contributed by atoms with Gasteiger partial charge in [-0.25, -0.2) is 0 Å². The van der Waals surface area contributed by atoms with E-state index in [1.807, 2.05) is 0 Å². The van der Waals surface area contributed by atoms with Crippen molar-refractivity contribution < 1.29 is 5.11 Å². The molecular formula is C17H37N3O. The van der Waals surface area contributed by atoms with E-state index in [4.69, 9.17) is 0 Å². The fraction of sp³-hybridized carbons (Fsp3) is 1.00. The third-order valence-corrected chi connectivity index (χ3v) is 4.62. The molecule has 0 bridgehead atoms. The minimum Gasteiger partial charge on any atom is -0.394 e. The van der Waals surface area contributed by atoms with Gasteiger partial charge in [0.25, 0.3) is 0 Å². The van der Waals surface area contributed by atoms with E-state index >= 15 is 0 Å². The van der Waals surface area contributed by atoms with E-state index in [9.17, 15) is 5.11 Å². The highest BCUT2D eigenvalue weighted by Gasteiger charge is 2.32. The maximum absolute atomic E-state index is 9.74. The molecule has 1 saturated heterocycles. The zero-order valence-electron chi connectivity index (χ0n) is 15.2. The molecule has 2 unspecified atom stereocenters. The number of aliphatic hydroxyl groups is 1. The molecule has 21 heavy (non-hydrogen) atoms. The Balaban J connectivity index is 2.52. The van der Waals surface area contributed by atoms with Crippen LogP contribution in [0.4, 0.5) is 0 Å². The van der Waals surface area contributed by atoms with Gasteiger partial charge in [0.2, 0.25) is 0 Å². The van der Waals surface area contributed by atoms with Gasteiger partial charge in [0, 0.05) is 49.3 Å². The summed E-state index contributed by atoms with van der Waals surface area (Å²) in [5.74, 6) is 0. The molecule has 1 fully saturated rings. The smallest absolute Gasteiger partial charge is 0.0611 e. The topological polar surface area (TPSA) is 38.7 Å². The van der Waals surface area contributed by atoms with Gasteiger partial charge in [-0.15, -0.1) is 0 Å². The molecular weight excluding hydrogens is 262 g/mol. The van der Waals surface area contributed by atoms with E-state index in [1.54, 1.807) is 0 Å². The first-order valence-corrected chi connectivity index (χ1v) is 8.45. The zero-order valence-corrected chi connectivity index (χ0v) is 15.2. The maximum atomic E-state index is 9.74. The van der Waals surface area contributed by atoms with Crippen LogP contribution in [-0.2, 0) is 0 Å². The largest absolute Gasteiger partial charge is 0.394 e. The molecule has 0 spiro atoms. The van der Waals surface area contributed by atoms with Gasteiger partial charge >= 0.3 is 0 Å². The molecule has 0 radical (unpaired) electrons. The standard InChI is InChI=1S/C17H37N3O/c1-14(2)18-17(7,13-21)12-15(3)19-8-10-20(11-9-19)16(4,5)6/h14-15,18,21H,8-13H2,1-7H3. The van der Waals surface area contributed by atoms with Gasteiger partial charge in [-0.05, 0) is 41.0 Å². The summed E-state index contributed by atoms with van der Waals surface area (Å²) in [4.78, 5) is 5.13.